The van der Waals surface area contributed by atoms with Crippen LogP contribution in [0.2, 0.25) is 0 Å². The van der Waals surface area contributed by atoms with Gasteiger partial charge in [-0.3, -0.25) is 0 Å². The number of hydrogen-bond acceptors (Lipinski definition) is 4. The van der Waals surface area contributed by atoms with E-state index in [0.717, 1.165) is 0 Å². The van der Waals surface area contributed by atoms with E-state index in [4.69, 9.17) is 10.5 Å². The van der Waals surface area contributed by atoms with Crippen LogP contribution in [0.1, 0.15) is 53.8 Å². The van der Waals surface area contributed by atoms with E-state index in [9.17, 15) is 4.79 Å². The Labute approximate surface area is 99.6 Å². The smallest absolute Gasteiger partial charge is 0.341 e. The number of thiophene rings is 1. The van der Waals surface area contributed by atoms with Crippen molar-refractivity contribution in [1.29, 1.82) is 0 Å². The van der Waals surface area contributed by atoms with Gasteiger partial charge in [0, 0.05) is 4.88 Å². The Bertz CT molecular complexity index is 380. The summed E-state index contributed by atoms with van der Waals surface area (Å²) in [5.74, 6) is 0.316. The summed E-state index contributed by atoms with van der Waals surface area (Å²) in [7, 11) is 0. The highest BCUT2D eigenvalue weighted by atomic mass is 32.1. The minimum Gasteiger partial charge on any atom is -0.462 e. The molecule has 88 valence electrons. The Morgan fingerprint density at radius 2 is 2.25 bits per heavy atom. The molecule has 0 unspecified atom stereocenters. The summed E-state index contributed by atoms with van der Waals surface area (Å²) in [5, 5.41) is 0.598. The van der Waals surface area contributed by atoms with Crippen molar-refractivity contribution in [2.75, 3.05) is 12.3 Å². The van der Waals surface area contributed by atoms with Crippen LogP contribution in [0.4, 0.5) is 5.00 Å². The zero-order valence-electron chi connectivity index (χ0n) is 9.49. The van der Waals surface area contributed by atoms with Crippen LogP contribution in [0.15, 0.2) is 6.07 Å². The van der Waals surface area contributed by atoms with Crippen molar-refractivity contribution < 1.29 is 9.53 Å². The largest absolute Gasteiger partial charge is 0.462 e. The molecule has 1 aliphatic rings. The summed E-state index contributed by atoms with van der Waals surface area (Å²) < 4.78 is 4.97. The van der Waals surface area contributed by atoms with E-state index in [2.05, 4.69) is 0 Å². The number of esters is 1. The number of nitrogens with two attached hydrogens (primary N) is 1. The first-order chi connectivity index (χ1) is 7.72. The maximum absolute atomic E-state index is 11.6. The summed E-state index contributed by atoms with van der Waals surface area (Å²) in [6.45, 7) is 2.20. The van der Waals surface area contributed by atoms with E-state index in [-0.39, 0.29) is 5.97 Å². The minimum atomic E-state index is -0.291. The minimum absolute atomic E-state index is 0.291. The molecule has 4 heteroatoms. The van der Waals surface area contributed by atoms with Gasteiger partial charge in [0.25, 0.3) is 0 Å². The Morgan fingerprint density at radius 3 is 2.88 bits per heavy atom. The molecule has 1 aromatic rings. The molecule has 2 rings (SSSR count). The highest BCUT2D eigenvalue weighted by molar-refractivity contribution is 7.16. The summed E-state index contributed by atoms with van der Waals surface area (Å²) >= 11 is 1.54. The molecule has 16 heavy (non-hydrogen) atoms. The van der Waals surface area contributed by atoms with Gasteiger partial charge in [0.1, 0.15) is 5.00 Å². The Balaban J connectivity index is 2.17. The predicted octanol–water partition coefficient (Wildman–Crippen LogP) is 3.16. The van der Waals surface area contributed by atoms with Crippen LogP contribution in [-0.2, 0) is 4.74 Å². The molecule has 0 amide bonds. The lowest BCUT2D eigenvalue weighted by molar-refractivity contribution is 0.0528. The van der Waals surface area contributed by atoms with Crippen LogP contribution in [0.25, 0.3) is 0 Å². The van der Waals surface area contributed by atoms with E-state index in [1.165, 1.54) is 30.6 Å². The first kappa shape index (κ1) is 11.5. The molecule has 0 bridgehead atoms. The number of nitrogen functional groups attached to an aromatic ring is 1. The molecule has 1 aromatic heterocycles. The van der Waals surface area contributed by atoms with Crippen LogP contribution in [0, 0.1) is 0 Å². The zero-order chi connectivity index (χ0) is 11.5. The van der Waals surface area contributed by atoms with Crippen molar-refractivity contribution in [3.05, 3.63) is 16.5 Å². The first-order valence-electron chi connectivity index (χ1n) is 5.78. The van der Waals surface area contributed by atoms with Crippen LogP contribution in [0.5, 0.6) is 0 Å². The summed E-state index contributed by atoms with van der Waals surface area (Å²) in [6, 6.07) is 1.92. The molecule has 0 atom stereocenters. The zero-order valence-corrected chi connectivity index (χ0v) is 10.3. The molecule has 3 nitrogen and oxygen atoms in total. The summed E-state index contributed by atoms with van der Waals surface area (Å²) in [6.07, 6.45) is 5.03. The second kappa shape index (κ2) is 4.87. The van der Waals surface area contributed by atoms with Gasteiger partial charge in [-0.25, -0.2) is 4.79 Å². The number of rotatable bonds is 3. The van der Waals surface area contributed by atoms with Gasteiger partial charge in [-0.15, -0.1) is 11.3 Å². The number of carbonyl (C=O) groups excluding carboxylic acids is 1. The molecular weight excluding hydrogens is 222 g/mol. The highest BCUT2D eigenvalue weighted by Gasteiger charge is 2.22. The van der Waals surface area contributed by atoms with Crippen LogP contribution in [-0.4, -0.2) is 12.6 Å². The van der Waals surface area contributed by atoms with Crippen molar-refractivity contribution in [2.24, 2.45) is 0 Å². The van der Waals surface area contributed by atoms with Gasteiger partial charge in [-0.1, -0.05) is 12.8 Å². The topological polar surface area (TPSA) is 52.3 Å². The van der Waals surface area contributed by atoms with Gasteiger partial charge >= 0.3 is 5.97 Å². The maximum atomic E-state index is 11.6. The third kappa shape index (κ3) is 2.21. The predicted molar refractivity (Wildman–Crippen MR) is 65.9 cm³/mol. The van der Waals surface area contributed by atoms with Gasteiger partial charge in [-0.05, 0) is 31.7 Å². The SMILES string of the molecule is CCOC(=O)c1cc(C2CCCC2)sc1N. The quantitative estimate of drug-likeness (QED) is 0.824. The normalized spacial score (nSPS) is 16.6. The van der Waals surface area contributed by atoms with Gasteiger partial charge in [0.05, 0.1) is 12.2 Å². The molecular formula is C12H17NO2S. The monoisotopic (exact) mass is 239 g/mol. The van der Waals surface area contributed by atoms with E-state index in [0.29, 0.717) is 23.1 Å². The Hall–Kier alpha value is -1.03. The second-order valence-electron chi connectivity index (χ2n) is 4.13. The lowest BCUT2D eigenvalue weighted by Crippen LogP contribution is -2.05. The number of hydrogen-bond donors (Lipinski definition) is 1. The first-order valence-corrected chi connectivity index (χ1v) is 6.60. The molecule has 0 spiro atoms. The van der Waals surface area contributed by atoms with Gasteiger partial charge in [0.15, 0.2) is 0 Å². The Morgan fingerprint density at radius 1 is 1.56 bits per heavy atom. The van der Waals surface area contributed by atoms with Crippen molar-refractivity contribution in [2.45, 2.75) is 38.5 Å². The fourth-order valence-electron chi connectivity index (χ4n) is 2.20. The molecule has 0 radical (unpaired) electrons. The molecule has 0 saturated heterocycles. The lowest BCUT2D eigenvalue weighted by Gasteiger charge is -2.03. The van der Waals surface area contributed by atoms with Gasteiger partial charge in [0.2, 0.25) is 0 Å². The van der Waals surface area contributed by atoms with Gasteiger partial charge in [-0.2, -0.15) is 0 Å². The molecule has 1 aliphatic carbocycles. The number of anilines is 1. The van der Waals surface area contributed by atoms with Crippen LogP contribution < -0.4 is 5.73 Å². The van der Waals surface area contributed by atoms with Crippen molar-refractivity contribution in [3.8, 4) is 0 Å². The Kier molecular flexibility index (Phi) is 3.49. The summed E-state index contributed by atoms with van der Waals surface area (Å²) in [5.41, 5.74) is 6.41. The third-order valence-corrected chi connectivity index (χ3v) is 4.16. The standard InChI is InChI=1S/C12H17NO2S/c1-2-15-12(14)9-7-10(16-11(9)13)8-5-3-4-6-8/h7-8H,2-6,13H2,1H3. The van der Waals surface area contributed by atoms with E-state index < -0.39 is 0 Å². The lowest BCUT2D eigenvalue weighted by atomic mass is 10.1. The number of ether oxygens (including phenoxy) is 1. The average molecular weight is 239 g/mol. The fraction of sp³-hybridized carbons (Fsp3) is 0.583. The number of carbonyl (C=O) groups is 1. The van der Waals surface area contributed by atoms with Crippen molar-refractivity contribution >= 4 is 22.3 Å². The molecule has 1 heterocycles. The summed E-state index contributed by atoms with van der Waals surface area (Å²) in [4.78, 5) is 12.8. The van der Waals surface area contributed by atoms with Gasteiger partial charge < -0.3 is 10.5 Å². The molecule has 1 fully saturated rings. The molecule has 2 N–H and O–H groups in total. The second-order valence-corrected chi connectivity index (χ2v) is 5.24. The fourth-order valence-corrected chi connectivity index (χ4v) is 3.29. The highest BCUT2D eigenvalue weighted by Crippen LogP contribution is 2.40. The van der Waals surface area contributed by atoms with Crippen LogP contribution in [0.3, 0.4) is 0 Å². The molecule has 1 saturated carbocycles. The maximum Gasteiger partial charge on any atom is 0.341 e. The van der Waals surface area contributed by atoms with Crippen LogP contribution >= 0.6 is 11.3 Å². The third-order valence-electron chi connectivity index (χ3n) is 3.03. The van der Waals surface area contributed by atoms with E-state index in [1.54, 1.807) is 18.3 Å². The molecule has 0 aliphatic heterocycles. The van der Waals surface area contributed by atoms with E-state index in [1.807, 2.05) is 6.07 Å². The van der Waals surface area contributed by atoms with E-state index >= 15 is 0 Å². The van der Waals surface area contributed by atoms with Crippen molar-refractivity contribution in [3.63, 3.8) is 0 Å². The molecule has 0 aromatic carbocycles. The average Bonchev–Trinajstić information content (AvgIpc) is 2.86. The van der Waals surface area contributed by atoms with Crippen molar-refractivity contribution in [1.82, 2.24) is 0 Å².